The van der Waals surface area contributed by atoms with Gasteiger partial charge in [0.05, 0.1) is 12.4 Å². The Bertz CT molecular complexity index is 905. The monoisotopic (exact) mass is 374 g/mol. The molecule has 0 aliphatic carbocycles. The minimum absolute atomic E-state index is 0.239. The van der Waals surface area contributed by atoms with Gasteiger partial charge in [0.2, 0.25) is 11.1 Å². The SMILES string of the molecule is COc1ccc(-c2nnc(S[C@H](C)C(=O)Nc3cc(C)on3)n2N)cc1. The summed E-state index contributed by atoms with van der Waals surface area (Å²) in [6, 6.07) is 8.94. The summed E-state index contributed by atoms with van der Waals surface area (Å²) in [6.45, 7) is 3.49. The summed E-state index contributed by atoms with van der Waals surface area (Å²) in [5, 5.41) is 14.6. The molecular weight excluding hydrogens is 356 g/mol. The first-order valence-electron chi connectivity index (χ1n) is 7.73. The van der Waals surface area contributed by atoms with Crippen LogP contribution in [0.15, 0.2) is 40.0 Å². The summed E-state index contributed by atoms with van der Waals surface area (Å²) in [6.07, 6.45) is 0. The van der Waals surface area contributed by atoms with E-state index in [2.05, 4.69) is 20.7 Å². The van der Waals surface area contributed by atoms with E-state index >= 15 is 0 Å². The van der Waals surface area contributed by atoms with Gasteiger partial charge in [0.1, 0.15) is 11.5 Å². The second kappa shape index (κ2) is 7.48. The van der Waals surface area contributed by atoms with Crippen LogP contribution in [0.3, 0.4) is 0 Å². The molecule has 1 amide bonds. The lowest BCUT2D eigenvalue weighted by Gasteiger charge is -2.10. The molecule has 0 unspecified atom stereocenters. The van der Waals surface area contributed by atoms with Crippen LogP contribution in [0.1, 0.15) is 12.7 Å². The molecule has 0 saturated heterocycles. The van der Waals surface area contributed by atoms with Gasteiger partial charge in [-0.05, 0) is 38.1 Å². The average Bonchev–Trinajstić information content (AvgIpc) is 3.21. The van der Waals surface area contributed by atoms with Crippen molar-refractivity contribution in [3.05, 3.63) is 36.1 Å². The Morgan fingerprint density at radius 1 is 1.35 bits per heavy atom. The van der Waals surface area contributed by atoms with Crippen LogP contribution >= 0.6 is 11.8 Å². The number of aryl methyl sites for hydroxylation is 1. The minimum Gasteiger partial charge on any atom is -0.497 e. The predicted molar refractivity (Wildman–Crippen MR) is 97.3 cm³/mol. The van der Waals surface area contributed by atoms with Crippen LogP contribution in [0.4, 0.5) is 5.82 Å². The Labute approximate surface area is 153 Å². The Morgan fingerprint density at radius 2 is 2.08 bits per heavy atom. The first kappa shape index (κ1) is 17.8. The topological polar surface area (TPSA) is 121 Å². The molecular formula is C16H18N6O3S. The maximum Gasteiger partial charge on any atom is 0.238 e. The molecule has 0 aliphatic rings. The molecule has 26 heavy (non-hydrogen) atoms. The average molecular weight is 374 g/mol. The highest BCUT2D eigenvalue weighted by atomic mass is 32.2. The molecule has 3 aromatic rings. The normalized spacial score (nSPS) is 12.0. The highest BCUT2D eigenvalue weighted by molar-refractivity contribution is 8.00. The van der Waals surface area contributed by atoms with E-state index in [1.165, 1.54) is 16.4 Å². The number of carbonyl (C=O) groups is 1. The summed E-state index contributed by atoms with van der Waals surface area (Å²) in [4.78, 5) is 12.3. The van der Waals surface area contributed by atoms with Gasteiger partial charge < -0.3 is 20.4 Å². The molecule has 0 aliphatic heterocycles. The fourth-order valence-electron chi connectivity index (χ4n) is 2.16. The highest BCUT2D eigenvalue weighted by Crippen LogP contribution is 2.26. The van der Waals surface area contributed by atoms with Crippen molar-refractivity contribution < 1.29 is 14.1 Å². The number of aromatic nitrogens is 4. The molecule has 3 rings (SSSR count). The molecule has 0 bridgehead atoms. The zero-order chi connectivity index (χ0) is 18.7. The number of carbonyl (C=O) groups excluding carboxylic acids is 1. The van der Waals surface area contributed by atoms with Crippen LogP contribution in [0, 0.1) is 6.92 Å². The quantitative estimate of drug-likeness (QED) is 0.497. The van der Waals surface area contributed by atoms with Crippen molar-refractivity contribution >= 4 is 23.5 Å². The Hall–Kier alpha value is -3.01. The summed E-state index contributed by atoms with van der Waals surface area (Å²) in [7, 11) is 1.60. The van der Waals surface area contributed by atoms with E-state index in [9.17, 15) is 4.79 Å². The molecule has 0 spiro atoms. The van der Waals surface area contributed by atoms with Crippen molar-refractivity contribution in [3.63, 3.8) is 0 Å². The first-order chi connectivity index (χ1) is 12.5. The van der Waals surface area contributed by atoms with Crippen molar-refractivity contribution in [2.75, 3.05) is 18.3 Å². The van der Waals surface area contributed by atoms with Crippen molar-refractivity contribution in [1.29, 1.82) is 0 Å². The lowest BCUT2D eigenvalue weighted by Crippen LogP contribution is -2.23. The molecule has 10 heteroatoms. The molecule has 9 nitrogen and oxygen atoms in total. The first-order valence-corrected chi connectivity index (χ1v) is 8.61. The van der Waals surface area contributed by atoms with Gasteiger partial charge in [-0.25, -0.2) is 4.68 Å². The summed E-state index contributed by atoms with van der Waals surface area (Å²) in [5.41, 5.74) is 0.794. The summed E-state index contributed by atoms with van der Waals surface area (Å²) >= 11 is 1.20. The van der Waals surface area contributed by atoms with Crippen molar-refractivity contribution in [3.8, 4) is 17.1 Å². The van der Waals surface area contributed by atoms with Crippen LogP contribution in [-0.2, 0) is 4.79 Å². The van der Waals surface area contributed by atoms with E-state index in [1.807, 2.05) is 24.3 Å². The number of thioether (sulfide) groups is 1. The van der Waals surface area contributed by atoms with E-state index in [1.54, 1.807) is 27.0 Å². The highest BCUT2D eigenvalue weighted by Gasteiger charge is 2.21. The van der Waals surface area contributed by atoms with E-state index in [0.717, 1.165) is 11.3 Å². The maximum atomic E-state index is 12.3. The molecule has 136 valence electrons. The van der Waals surface area contributed by atoms with Gasteiger partial charge in [0, 0.05) is 11.6 Å². The molecule has 1 atom stereocenters. The number of benzene rings is 1. The number of anilines is 1. The van der Waals surface area contributed by atoms with Gasteiger partial charge >= 0.3 is 0 Å². The van der Waals surface area contributed by atoms with Gasteiger partial charge in [-0.1, -0.05) is 16.9 Å². The van der Waals surface area contributed by atoms with Gasteiger partial charge in [0.15, 0.2) is 11.6 Å². The predicted octanol–water partition coefficient (Wildman–Crippen LogP) is 2.08. The number of nitrogens with zero attached hydrogens (tertiary/aromatic N) is 4. The fraction of sp³-hybridized carbons (Fsp3) is 0.250. The van der Waals surface area contributed by atoms with Crippen LogP contribution in [0.5, 0.6) is 5.75 Å². The zero-order valence-corrected chi connectivity index (χ0v) is 15.3. The Kier molecular flexibility index (Phi) is 5.12. The molecule has 3 N–H and O–H groups in total. The fourth-order valence-corrected chi connectivity index (χ4v) is 2.93. The van der Waals surface area contributed by atoms with E-state index in [4.69, 9.17) is 15.1 Å². The minimum atomic E-state index is -0.456. The summed E-state index contributed by atoms with van der Waals surface area (Å²) in [5.74, 6) is 8.07. The van der Waals surface area contributed by atoms with Gasteiger partial charge in [-0.3, -0.25) is 4.79 Å². The van der Waals surface area contributed by atoms with Crippen LogP contribution in [-0.4, -0.2) is 38.3 Å². The Balaban J connectivity index is 1.69. The molecule has 2 aromatic heterocycles. The number of hydrogen-bond acceptors (Lipinski definition) is 8. The van der Waals surface area contributed by atoms with Gasteiger partial charge in [0.25, 0.3) is 0 Å². The number of methoxy groups -OCH3 is 1. The smallest absolute Gasteiger partial charge is 0.238 e. The number of nitrogen functional groups attached to an aromatic ring is 1. The number of rotatable bonds is 6. The molecule has 0 radical (unpaired) electrons. The standard InChI is InChI=1S/C16H18N6O3S/c1-9-8-13(21-25-9)18-15(23)10(2)26-16-20-19-14(22(16)17)11-4-6-12(24-3)7-5-11/h4-8,10H,17H2,1-3H3,(H,18,21,23)/t10-/m1/s1. The summed E-state index contributed by atoms with van der Waals surface area (Å²) < 4.78 is 11.4. The van der Waals surface area contributed by atoms with Crippen molar-refractivity contribution in [1.82, 2.24) is 20.0 Å². The van der Waals surface area contributed by atoms with Gasteiger partial charge in [-0.15, -0.1) is 10.2 Å². The van der Waals surface area contributed by atoms with Gasteiger partial charge in [-0.2, -0.15) is 0 Å². The van der Waals surface area contributed by atoms with Crippen LogP contribution in [0.2, 0.25) is 0 Å². The number of nitrogens with one attached hydrogen (secondary N) is 1. The maximum absolute atomic E-state index is 12.3. The molecule has 0 saturated carbocycles. The van der Waals surface area contributed by atoms with E-state index < -0.39 is 5.25 Å². The van der Waals surface area contributed by atoms with Crippen molar-refractivity contribution in [2.24, 2.45) is 0 Å². The number of ether oxygens (including phenoxy) is 1. The number of amides is 1. The number of nitrogens with two attached hydrogens (primary N) is 1. The van der Waals surface area contributed by atoms with Crippen LogP contribution < -0.4 is 15.9 Å². The van der Waals surface area contributed by atoms with Crippen molar-refractivity contribution in [2.45, 2.75) is 24.3 Å². The molecule has 0 fully saturated rings. The largest absolute Gasteiger partial charge is 0.497 e. The van der Waals surface area contributed by atoms with E-state index in [-0.39, 0.29) is 5.91 Å². The van der Waals surface area contributed by atoms with Crippen LogP contribution in [0.25, 0.3) is 11.4 Å². The lowest BCUT2D eigenvalue weighted by molar-refractivity contribution is -0.115. The number of hydrogen-bond donors (Lipinski definition) is 2. The lowest BCUT2D eigenvalue weighted by atomic mass is 10.2. The zero-order valence-electron chi connectivity index (χ0n) is 14.5. The van der Waals surface area contributed by atoms with E-state index in [0.29, 0.717) is 22.6 Å². The molecule has 1 aromatic carbocycles. The second-order valence-electron chi connectivity index (χ2n) is 5.48. The third kappa shape index (κ3) is 3.80. The third-order valence-electron chi connectivity index (χ3n) is 3.54. The second-order valence-corrected chi connectivity index (χ2v) is 6.78. The Morgan fingerprint density at radius 3 is 2.69 bits per heavy atom. The molecule has 2 heterocycles. The third-order valence-corrected chi connectivity index (χ3v) is 4.60.